The van der Waals surface area contributed by atoms with Crippen LogP contribution >= 0.6 is 0 Å². The molecule has 0 unspecified atom stereocenters. The Morgan fingerprint density at radius 3 is 2.54 bits per heavy atom. The molecule has 26 heavy (non-hydrogen) atoms. The Labute approximate surface area is 152 Å². The maximum absolute atomic E-state index is 12.7. The smallest absolute Gasteiger partial charge is 0.259 e. The van der Waals surface area contributed by atoms with Gasteiger partial charge in [-0.3, -0.25) is 9.59 Å². The highest BCUT2D eigenvalue weighted by molar-refractivity contribution is 6.07. The van der Waals surface area contributed by atoms with E-state index in [4.69, 9.17) is 9.47 Å². The number of hydrogen-bond acceptors (Lipinski definition) is 4. The predicted octanol–water partition coefficient (Wildman–Crippen LogP) is 3.16. The van der Waals surface area contributed by atoms with Crippen molar-refractivity contribution in [3.05, 3.63) is 53.1 Å². The van der Waals surface area contributed by atoms with E-state index in [0.717, 1.165) is 5.56 Å². The second-order valence-corrected chi connectivity index (χ2v) is 6.44. The Morgan fingerprint density at radius 1 is 1.00 bits per heavy atom. The standard InChI is InChI=1S/C20H22N2O4/c1-12(2)21-20(24)16-11-14(8-7-13(16)3)22-19(23)15-5-4-6-17-18(15)26-10-9-25-17/h4-8,11-12H,9-10H2,1-3H3,(H,21,24)(H,22,23). The molecular weight excluding hydrogens is 332 g/mol. The van der Waals surface area contributed by atoms with Crippen molar-refractivity contribution in [1.82, 2.24) is 5.32 Å². The number of amides is 2. The van der Waals surface area contributed by atoms with Crippen LogP contribution < -0.4 is 20.1 Å². The van der Waals surface area contributed by atoms with Crippen molar-refractivity contribution >= 4 is 17.5 Å². The number of carbonyl (C=O) groups is 2. The molecule has 1 aliphatic heterocycles. The van der Waals surface area contributed by atoms with E-state index in [1.807, 2.05) is 26.8 Å². The number of rotatable bonds is 4. The summed E-state index contributed by atoms with van der Waals surface area (Å²) in [4.78, 5) is 25.0. The first-order chi connectivity index (χ1) is 12.5. The molecule has 0 bridgehead atoms. The van der Waals surface area contributed by atoms with Gasteiger partial charge in [-0.2, -0.15) is 0 Å². The lowest BCUT2D eigenvalue weighted by Gasteiger charge is -2.20. The average Bonchev–Trinajstić information content (AvgIpc) is 2.62. The van der Waals surface area contributed by atoms with Gasteiger partial charge in [0.15, 0.2) is 11.5 Å². The molecule has 0 radical (unpaired) electrons. The zero-order chi connectivity index (χ0) is 18.7. The van der Waals surface area contributed by atoms with Crippen LogP contribution in [0.15, 0.2) is 36.4 Å². The molecule has 2 aromatic rings. The molecule has 0 atom stereocenters. The van der Waals surface area contributed by atoms with Crippen LogP contribution in [-0.4, -0.2) is 31.1 Å². The fraction of sp³-hybridized carbons (Fsp3) is 0.300. The van der Waals surface area contributed by atoms with Gasteiger partial charge in [-0.05, 0) is 50.6 Å². The molecule has 6 nitrogen and oxygen atoms in total. The van der Waals surface area contributed by atoms with Crippen LogP contribution in [0.25, 0.3) is 0 Å². The van der Waals surface area contributed by atoms with Crippen LogP contribution in [0.3, 0.4) is 0 Å². The summed E-state index contributed by atoms with van der Waals surface area (Å²) in [7, 11) is 0. The van der Waals surface area contributed by atoms with E-state index in [-0.39, 0.29) is 17.9 Å². The van der Waals surface area contributed by atoms with E-state index in [1.54, 1.807) is 30.3 Å². The Balaban J connectivity index is 1.83. The van der Waals surface area contributed by atoms with Crippen molar-refractivity contribution in [3.63, 3.8) is 0 Å². The number of para-hydroxylation sites is 1. The van der Waals surface area contributed by atoms with Gasteiger partial charge in [0.2, 0.25) is 0 Å². The molecular formula is C20H22N2O4. The first-order valence-corrected chi connectivity index (χ1v) is 8.57. The number of benzene rings is 2. The highest BCUT2D eigenvalue weighted by Crippen LogP contribution is 2.34. The Bertz CT molecular complexity index is 846. The van der Waals surface area contributed by atoms with Crippen molar-refractivity contribution in [2.24, 2.45) is 0 Å². The summed E-state index contributed by atoms with van der Waals surface area (Å²) < 4.78 is 11.1. The summed E-state index contributed by atoms with van der Waals surface area (Å²) >= 11 is 0. The summed E-state index contributed by atoms with van der Waals surface area (Å²) in [6.07, 6.45) is 0. The van der Waals surface area contributed by atoms with E-state index in [0.29, 0.717) is 41.5 Å². The van der Waals surface area contributed by atoms with Crippen molar-refractivity contribution < 1.29 is 19.1 Å². The molecule has 2 amide bonds. The van der Waals surface area contributed by atoms with Crippen molar-refractivity contribution in [2.45, 2.75) is 26.8 Å². The van der Waals surface area contributed by atoms with E-state index in [1.165, 1.54) is 0 Å². The summed E-state index contributed by atoms with van der Waals surface area (Å²) in [5.74, 6) is 0.528. The summed E-state index contributed by atoms with van der Waals surface area (Å²) in [5.41, 5.74) is 2.32. The van der Waals surface area contributed by atoms with Crippen LogP contribution in [0, 0.1) is 6.92 Å². The van der Waals surface area contributed by atoms with E-state index < -0.39 is 0 Å². The van der Waals surface area contributed by atoms with E-state index in [9.17, 15) is 9.59 Å². The molecule has 0 fully saturated rings. The molecule has 0 saturated heterocycles. The fourth-order valence-electron chi connectivity index (χ4n) is 2.74. The molecule has 0 aromatic heterocycles. The van der Waals surface area contributed by atoms with Gasteiger partial charge in [-0.15, -0.1) is 0 Å². The second kappa shape index (κ2) is 7.47. The lowest BCUT2D eigenvalue weighted by molar-refractivity contribution is 0.0941. The Morgan fingerprint density at radius 2 is 1.77 bits per heavy atom. The zero-order valence-corrected chi connectivity index (χ0v) is 15.1. The van der Waals surface area contributed by atoms with Crippen LogP contribution in [-0.2, 0) is 0 Å². The maximum atomic E-state index is 12.7. The number of fused-ring (bicyclic) bond motifs is 1. The molecule has 136 valence electrons. The number of carbonyl (C=O) groups excluding carboxylic acids is 2. The number of hydrogen-bond donors (Lipinski definition) is 2. The number of aryl methyl sites for hydroxylation is 1. The highest BCUT2D eigenvalue weighted by atomic mass is 16.6. The zero-order valence-electron chi connectivity index (χ0n) is 15.1. The third kappa shape index (κ3) is 3.79. The normalized spacial score (nSPS) is 12.6. The van der Waals surface area contributed by atoms with Gasteiger partial charge >= 0.3 is 0 Å². The molecule has 0 aliphatic carbocycles. The predicted molar refractivity (Wildman–Crippen MR) is 99.2 cm³/mol. The SMILES string of the molecule is Cc1ccc(NC(=O)c2cccc3c2OCCO3)cc1C(=O)NC(C)C. The minimum atomic E-state index is -0.313. The molecule has 6 heteroatoms. The van der Waals surface area contributed by atoms with Gasteiger partial charge in [0.25, 0.3) is 11.8 Å². The summed E-state index contributed by atoms with van der Waals surface area (Å²) in [6.45, 7) is 6.53. The molecule has 1 heterocycles. The Hall–Kier alpha value is -3.02. The van der Waals surface area contributed by atoms with Gasteiger partial charge in [0.05, 0.1) is 5.56 Å². The minimum Gasteiger partial charge on any atom is -0.486 e. The fourth-order valence-corrected chi connectivity index (χ4v) is 2.74. The minimum absolute atomic E-state index is 0.0353. The van der Waals surface area contributed by atoms with Crippen LogP contribution in [0.1, 0.15) is 40.1 Å². The third-order valence-electron chi connectivity index (χ3n) is 3.97. The summed E-state index contributed by atoms with van der Waals surface area (Å²) in [5, 5.41) is 5.69. The number of nitrogens with one attached hydrogen (secondary N) is 2. The van der Waals surface area contributed by atoms with Crippen LogP contribution in [0.2, 0.25) is 0 Å². The first kappa shape index (κ1) is 17.8. The summed E-state index contributed by atoms with van der Waals surface area (Å²) in [6, 6.07) is 10.5. The third-order valence-corrected chi connectivity index (χ3v) is 3.97. The number of ether oxygens (including phenoxy) is 2. The molecule has 3 rings (SSSR count). The second-order valence-electron chi connectivity index (χ2n) is 6.44. The van der Waals surface area contributed by atoms with Gasteiger partial charge in [-0.1, -0.05) is 12.1 Å². The first-order valence-electron chi connectivity index (χ1n) is 8.57. The maximum Gasteiger partial charge on any atom is 0.259 e. The van der Waals surface area contributed by atoms with Crippen molar-refractivity contribution in [3.8, 4) is 11.5 Å². The molecule has 1 aliphatic rings. The van der Waals surface area contributed by atoms with Crippen LogP contribution in [0.4, 0.5) is 5.69 Å². The molecule has 2 N–H and O–H groups in total. The van der Waals surface area contributed by atoms with Crippen molar-refractivity contribution in [1.29, 1.82) is 0 Å². The topological polar surface area (TPSA) is 76.7 Å². The highest BCUT2D eigenvalue weighted by Gasteiger charge is 2.21. The monoisotopic (exact) mass is 354 g/mol. The van der Waals surface area contributed by atoms with Gasteiger partial charge in [0, 0.05) is 17.3 Å². The lowest BCUT2D eigenvalue weighted by Crippen LogP contribution is -2.30. The van der Waals surface area contributed by atoms with Crippen molar-refractivity contribution in [2.75, 3.05) is 18.5 Å². The van der Waals surface area contributed by atoms with Gasteiger partial charge < -0.3 is 20.1 Å². The van der Waals surface area contributed by atoms with Gasteiger partial charge in [-0.25, -0.2) is 0 Å². The van der Waals surface area contributed by atoms with Gasteiger partial charge in [0.1, 0.15) is 13.2 Å². The average molecular weight is 354 g/mol. The quantitative estimate of drug-likeness (QED) is 0.884. The number of anilines is 1. The van der Waals surface area contributed by atoms with Crippen LogP contribution in [0.5, 0.6) is 11.5 Å². The molecule has 0 saturated carbocycles. The van der Waals surface area contributed by atoms with E-state index >= 15 is 0 Å². The largest absolute Gasteiger partial charge is 0.486 e. The van der Waals surface area contributed by atoms with E-state index in [2.05, 4.69) is 10.6 Å². The molecule has 0 spiro atoms. The Kier molecular flexibility index (Phi) is 5.11. The molecule has 2 aromatic carbocycles. The lowest BCUT2D eigenvalue weighted by atomic mass is 10.1.